The second kappa shape index (κ2) is 53.9. The van der Waals surface area contributed by atoms with Gasteiger partial charge in [-0.05, 0) is 167 Å². The van der Waals surface area contributed by atoms with Crippen LogP contribution in [0, 0.1) is 35.5 Å². The van der Waals surface area contributed by atoms with E-state index >= 15 is 0 Å². The average Bonchev–Trinajstić information content (AvgIpc) is 0.801. The molecule has 0 amide bonds. The lowest BCUT2D eigenvalue weighted by Gasteiger charge is -2.16. The van der Waals surface area contributed by atoms with Gasteiger partial charge in [0.05, 0.1) is 39.6 Å². The third-order valence-electron chi connectivity index (χ3n) is 20.3. The number of aryl methyl sites for hydroxylation is 3. The average molecular weight is 1430 g/mol. The van der Waals surface area contributed by atoms with Crippen LogP contribution in [0.5, 0.6) is 34.5 Å². The molecule has 105 heavy (non-hydrogen) atoms. The molecule has 0 fully saturated rings. The van der Waals surface area contributed by atoms with Crippen LogP contribution < -0.4 is 45.6 Å². The number of unbranched alkanes of at least 4 members (excludes halogenated alkanes) is 36. The molecule has 1 aliphatic rings. The van der Waals surface area contributed by atoms with E-state index in [4.69, 9.17) is 45.6 Å². The molecular formula is C96H135N3O6. The molecule has 6 N–H and O–H groups in total. The van der Waals surface area contributed by atoms with Gasteiger partial charge in [-0.3, -0.25) is 0 Å². The fraction of sp³-hybridized carbons (Fsp3) is 0.562. The first kappa shape index (κ1) is 84.5. The van der Waals surface area contributed by atoms with Crippen LogP contribution in [0.4, 0.5) is 17.1 Å². The molecular weight excluding hydrogens is 1290 g/mol. The van der Waals surface area contributed by atoms with E-state index < -0.39 is 0 Å². The number of ether oxygens (including phenoxy) is 6. The Kier molecular flexibility index (Phi) is 43.3. The van der Waals surface area contributed by atoms with Crippen LogP contribution in [-0.4, -0.2) is 39.6 Å². The molecule has 9 nitrogen and oxygen atoms in total. The summed E-state index contributed by atoms with van der Waals surface area (Å²) < 4.78 is 39.1. The summed E-state index contributed by atoms with van der Waals surface area (Å²) in [6.45, 7) is 10.8. The lowest BCUT2D eigenvalue weighted by molar-refractivity contribution is 0.299. The van der Waals surface area contributed by atoms with Crippen molar-refractivity contribution in [2.45, 2.75) is 310 Å². The summed E-state index contributed by atoms with van der Waals surface area (Å²) in [5, 5.41) is 0. The molecule has 0 saturated heterocycles. The van der Waals surface area contributed by atoms with Crippen molar-refractivity contribution in [1.29, 1.82) is 0 Å². The van der Waals surface area contributed by atoms with E-state index in [-0.39, 0.29) is 0 Å². The topological polar surface area (TPSA) is 133 Å². The normalized spacial score (nSPS) is 11.3. The zero-order valence-electron chi connectivity index (χ0n) is 65.6. The van der Waals surface area contributed by atoms with Crippen molar-refractivity contribution in [2.24, 2.45) is 0 Å². The van der Waals surface area contributed by atoms with Gasteiger partial charge in [-0.25, -0.2) is 0 Å². The quantitative estimate of drug-likeness (QED) is 0.0194. The number of rotatable bonds is 60. The molecule has 0 atom stereocenters. The molecule has 0 aliphatic heterocycles. The fourth-order valence-electron chi connectivity index (χ4n) is 13.9. The largest absolute Gasteiger partial charge is 0.494 e. The molecule has 0 unspecified atom stereocenters. The first-order valence-electron chi connectivity index (χ1n) is 42.2. The van der Waals surface area contributed by atoms with Crippen molar-refractivity contribution in [1.82, 2.24) is 0 Å². The van der Waals surface area contributed by atoms with Crippen LogP contribution in [0.25, 0.3) is 0 Å². The number of nitrogens with two attached hydrogens (primary N) is 3. The minimum Gasteiger partial charge on any atom is -0.494 e. The van der Waals surface area contributed by atoms with Gasteiger partial charge in [-0.2, -0.15) is 0 Å². The molecule has 6 aromatic rings. The van der Waals surface area contributed by atoms with E-state index in [1.807, 2.05) is 72.8 Å². The number of nitrogen functional groups attached to an aromatic ring is 3. The van der Waals surface area contributed by atoms with Crippen LogP contribution >= 0.6 is 0 Å². The molecule has 9 heteroatoms. The molecule has 0 saturated carbocycles. The Labute approximate surface area is 637 Å². The maximum Gasteiger partial charge on any atom is 0.123 e. The van der Waals surface area contributed by atoms with Gasteiger partial charge in [0.15, 0.2) is 0 Å². The Hall–Kier alpha value is -7.80. The van der Waals surface area contributed by atoms with Crippen molar-refractivity contribution in [3.05, 3.63) is 159 Å². The lowest BCUT2D eigenvalue weighted by atomic mass is 9.95. The van der Waals surface area contributed by atoms with E-state index in [0.717, 1.165) is 220 Å². The van der Waals surface area contributed by atoms with Gasteiger partial charge in [0.2, 0.25) is 0 Å². The third-order valence-corrected chi connectivity index (χ3v) is 20.3. The molecule has 0 bridgehead atoms. The number of anilines is 3. The lowest BCUT2D eigenvalue weighted by Crippen LogP contribution is -2.04. The fourth-order valence-corrected chi connectivity index (χ4v) is 13.9. The SMILES string of the molecule is CCCCCCCCCCCCOc1cc2c(cc1CCCCCCOc1cccc(N)c1)C#Cc1cc(OCCCCCCCCCCCC)c(CCCCCCOc3cccc(N)c3)cc1C#Cc1cc(OCCCCCCCCCCCC)c(CCCCCCOc3cccc(N)c3)cc1C#C2. The van der Waals surface area contributed by atoms with Gasteiger partial charge in [-0.15, -0.1) is 0 Å². The van der Waals surface area contributed by atoms with Crippen molar-refractivity contribution in [3.8, 4) is 70.0 Å². The van der Waals surface area contributed by atoms with Crippen molar-refractivity contribution >= 4 is 17.1 Å². The van der Waals surface area contributed by atoms with Crippen molar-refractivity contribution < 1.29 is 28.4 Å². The minimum absolute atomic E-state index is 0.659. The van der Waals surface area contributed by atoms with Gasteiger partial charge >= 0.3 is 0 Å². The second-order valence-corrected chi connectivity index (χ2v) is 29.6. The van der Waals surface area contributed by atoms with Gasteiger partial charge in [0.1, 0.15) is 34.5 Å². The summed E-state index contributed by atoms with van der Waals surface area (Å²) in [5.74, 6) is 27.7. The molecule has 7 rings (SSSR count). The summed E-state index contributed by atoms with van der Waals surface area (Å²) in [6.07, 6.45) is 53.1. The minimum atomic E-state index is 0.659. The van der Waals surface area contributed by atoms with Crippen LogP contribution in [0.15, 0.2) is 109 Å². The first-order chi connectivity index (χ1) is 51.8. The summed E-state index contributed by atoms with van der Waals surface area (Å²) in [5.41, 5.74) is 29.2. The number of benzene rings is 6. The van der Waals surface area contributed by atoms with Gasteiger partial charge < -0.3 is 45.6 Å². The van der Waals surface area contributed by atoms with E-state index in [1.165, 1.54) is 171 Å². The molecule has 570 valence electrons. The highest BCUT2D eigenvalue weighted by atomic mass is 16.5. The summed E-state index contributed by atoms with van der Waals surface area (Å²) in [6, 6.07) is 36.6. The van der Waals surface area contributed by atoms with E-state index in [0.29, 0.717) is 39.6 Å². The zero-order valence-corrected chi connectivity index (χ0v) is 65.6. The summed E-state index contributed by atoms with van der Waals surface area (Å²) in [4.78, 5) is 0. The predicted octanol–water partition coefficient (Wildman–Crippen LogP) is 25.4. The van der Waals surface area contributed by atoms with Crippen molar-refractivity contribution in [2.75, 3.05) is 56.8 Å². The molecule has 0 heterocycles. The smallest absolute Gasteiger partial charge is 0.123 e. The number of hydrogen-bond acceptors (Lipinski definition) is 9. The Bertz CT molecular complexity index is 3190. The second-order valence-electron chi connectivity index (χ2n) is 29.6. The van der Waals surface area contributed by atoms with E-state index in [2.05, 4.69) is 92.7 Å². The highest BCUT2D eigenvalue weighted by molar-refractivity contribution is 5.66. The Morgan fingerprint density at radius 3 is 0.648 bits per heavy atom. The van der Waals surface area contributed by atoms with Crippen LogP contribution in [0.1, 0.15) is 341 Å². The van der Waals surface area contributed by atoms with Crippen LogP contribution in [0.3, 0.4) is 0 Å². The number of hydrogen-bond donors (Lipinski definition) is 3. The highest BCUT2D eigenvalue weighted by Gasteiger charge is 2.17. The summed E-state index contributed by atoms with van der Waals surface area (Å²) in [7, 11) is 0. The first-order valence-corrected chi connectivity index (χ1v) is 42.2. The van der Waals surface area contributed by atoms with Crippen LogP contribution in [0.2, 0.25) is 0 Å². The Morgan fingerprint density at radius 2 is 0.419 bits per heavy atom. The zero-order chi connectivity index (χ0) is 73.7. The summed E-state index contributed by atoms with van der Waals surface area (Å²) >= 11 is 0. The van der Waals surface area contributed by atoms with Crippen LogP contribution in [-0.2, 0) is 19.3 Å². The predicted molar refractivity (Wildman–Crippen MR) is 445 cm³/mol. The molecule has 0 aromatic heterocycles. The monoisotopic (exact) mass is 1430 g/mol. The van der Waals surface area contributed by atoms with Crippen molar-refractivity contribution in [3.63, 3.8) is 0 Å². The maximum absolute atomic E-state index is 6.94. The molecule has 0 spiro atoms. The number of fused-ring (bicyclic) bond motifs is 3. The highest BCUT2D eigenvalue weighted by Crippen LogP contribution is 2.32. The van der Waals surface area contributed by atoms with Gasteiger partial charge in [-0.1, -0.05) is 286 Å². The van der Waals surface area contributed by atoms with E-state index in [1.54, 1.807) is 0 Å². The molecule has 0 radical (unpaired) electrons. The van der Waals surface area contributed by atoms with E-state index in [9.17, 15) is 0 Å². The Balaban J connectivity index is 1.22. The standard InChI is InChI=1S/C96H135N3O6/c1-4-7-10-13-16-19-22-25-31-43-67-103-94-73-82-61-58-80-71-86(50-38-29-35-41-65-101-92-56-47-53-89(98)77-92)96(105-69-45-33-27-24-21-18-15-12-9-6-3)75-84(80)63-60-81-72-87(51-39-30-36-42-66-102-93-57-48-54-90(99)78-93)95(104-68-44-32-26-23-20-17-14-11-8-5-2)74-83(81)62-59-79(82)70-85(94)49-37-28-34-40-64-100-91-55-46-52-88(97)76-91/h46-48,52-57,70-78H,4-45,49-51,64-69,97-99H2,1-3H3. The van der Waals surface area contributed by atoms with Gasteiger partial charge in [0.25, 0.3) is 0 Å². The third kappa shape index (κ3) is 35.9. The van der Waals surface area contributed by atoms with Gasteiger partial charge in [0, 0.05) is 68.6 Å². The molecule has 6 aromatic carbocycles. The molecule has 1 aliphatic carbocycles. The maximum atomic E-state index is 6.94. The Morgan fingerprint density at radius 1 is 0.219 bits per heavy atom.